The van der Waals surface area contributed by atoms with Crippen LogP contribution in [0.25, 0.3) is 0 Å². The van der Waals surface area contributed by atoms with Gasteiger partial charge in [0.25, 0.3) is 0 Å². The van der Waals surface area contributed by atoms with Gasteiger partial charge in [-0.2, -0.15) is 0 Å². The second-order valence-corrected chi connectivity index (χ2v) is 5.63. The molecule has 0 aromatic carbocycles. The molecule has 0 bridgehead atoms. The number of pyridine rings is 1. The minimum absolute atomic E-state index is 0.0466. The molecule has 2 atom stereocenters. The molecule has 6 nitrogen and oxygen atoms in total. The first-order chi connectivity index (χ1) is 9.02. The van der Waals surface area contributed by atoms with E-state index in [0.29, 0.717) is 10.2 Å². The smallest absolute Gasteiger partial charge is 0.311 e. The van der Waals surface area contributed by atoms with Crippen LogP contribution in [0.15, 0.2) is 16.9 Å². The first-order valence-corrected chi connectivity index (χ1v) is 7.00. The SMILES string of the molecule is CN(c1c(Br)cncc1[N+](=O)[O-])C1CCCCC1O. The van der Waals surface area contributed by atoms with E-state index < -0.39 is 11.0 Å². The van der Waals surface area contributed by atoms with Crippen molar-refractivity contribution in [2.24, 2.45) is 0 Å². The average molecular weight is 330 g/mol. The van der Waals surface area contributed by atoms with Gasteiger partial charge in [0.05, 0.1) is 21.5 Å². The number of likely N-dealkylation sites (N-methyl/N-ethyl adjacent to an activating group) is 1. The van der Waals surface area contributed by atoms with Crippen LogP contribution in [0.1, 0.15) is 25.7 Å². The molecular formula is C12H16BrN3O3. The van der Waals surface area contributed by atoms with Gasteiger partial charge in [-0.15, -0.1) is 0 Å². The maximum Gasteiger partial charge on any atom is 0.311 e. The largest absolute Gasteiger partial charge is 0.391 e. The quantitative estimate of drug-likeness (QED) is 0.680. The minimum Gasteiger partial charge on any atom is -0.391 e. The Labute approximate surface area is 119 Å². The molecule has 1 N–H and O–H groups in total. The molecule has 1 fully saturated rings. The van der Waals surface area contributed by atoms with E-state index in [1.807, 2.05) is 0 Å². The van der Waals surface area contributed by atoms with E-state index >= 15 is 0 Å². The highest BCUT2D eigenvalue weighted by Crippen LogP contribution is 2.37. The van der Waals surface area contributed by atoms with Crippen LogP contribution in [0.4, 0.5) is 11.4 Å². The topological polar surface area (TPSA) is 79.5 Å². The lowest BCUT2D eigenvalue weighted by molar-refractivity contribution is -0.384. The van der Waals surface area contributed by atoms with Crippen LogP contribution < -0.4 is 4.90 Å². The normalized spacial score (nSPS) is 23.1. The van der Waals surface area contributed by atoms with Gasteiger partial charge < -0.3 is 10.0 Å². The first kappa shape index (κ1) is 14.2. The Kier molecular flexibility index (Phi) is 4.36. The van der Waals surface area contributed by atoms with Crippen molar-refractivity contribution in [3.8, 4) is 0 Å². The summed E-state index contributed by atoms with van der Waals surface area (Å²) in [5.74, 6) is 0. The fourth-order valence-electron chi connectivity index (χ4n) is 2.61. The summed E-state index contributed by atoms with van der Waals surface area (Å²) in [6, 6.07) is -0.0915. The molecule has 7 heteroatoms. The summed E-state index contributed by atoms with van der Waals surface area (Å²) in [7, 11) is 1.78. The van der Waals surface area contributed by atoms with E-state index in [9.17, 15) is 15.2 Å². The predicted octanol–water partition coefficient (Wildman–Crippen LogP) is 2.49. The third-order valence-corrected chi connectivity index (χ3v) is 4.17. The molecule has 0 aliphatic heterocycles. The van der Waals surface area contributed by atoms with Crippen molar-refractivity contribution in [3.63, 3.8) is 0 Å². The van der Waals surface area contributed by atoms with Gasteiger partial charge in [-0.3, -0.25) is 15.1 Å². The fraction of sp³-hybridized carbons (Fsp3) is 0.583. The van der Waals surface area contributed by atoms with Gasteiger partial charge in [0.1, 0.15) is 11.9 Å². The number of nitrogens with zero attached hydrogens (tertiary/aromatic N) is 3. The third-order valence-electron chi connectivity index (χ3n) is 3.59. The highest BCUT2D eigenvalue weighted by molar-refractivity contribution is 9.10. The number of aliphatic hydroxyl groups is 1. The number of nitro groups is 1. The highest BCUT2D eigenvalue weighted by Gasteiger charge is 2.31. The molecular weight excluding hydrogens is 314 g/mol. The number of halogens is 1. The van der Waals surface area contributed by atoms with Crippen molar-refractivity contribution in [1.29, 1.82) is 0 Å². The van der Waals surface area contributed by atoms with Crippen LogP contribution in [0, 0.1) is 10.1 Å². The summed E-state index contributed by atoms with van der Waals surface area (Å²) in [4.78, 5) is 16.3. The maximum absolute atomic E-state index is 11.1. The molecule has 1 heterocycles. The summed E-state index contributed by atoms with van der Waals surface area (Å²) in [5.41, 5.74) is 0.431. The number of hydrogen-bond donors (Lipinski definition) is 1. The van der Waals surface area contributed by atoms with E-state index in [1.165, 1.54) is 12.4 Å². The van der Waals surface area contributed by atoms with Crippen LogP contribution in [0.3, 0.4) is 0 Å². The zero-order valence-corrected chi connectivity index (χ0v) is 12.2. The second kappa shape index (κ2) is 5.83. The first-order valence-electron chi connectivity index (χ1n) is 6.21. The zero-order chi connectivity index (χ0) is 14.0. The van der Waals surface area contributed by atoms with Gasteiger partial charge in [0.2, 0.25) is 0 Å². The predicted molar refractivity (Wildman–Crippen MR) is 75.3 cm³/mol. The summed E-state index contributed by atoms with van der Waals surface area (Å²) in [5, 5.41) is 21.2. The summed E-state index contributed by atoms with van der Waals surface area (Å²) in [6.45, 7) is 0. The molecule has 1 aliphatic rings. The molecule has 0 saturated heterocycles. The summed E-state index contributed by atoms with van der Waals surface area (Å²) < 4.78 is 0.571. The highest BCUT2D eigenvalue weighted by atomic mass is 79.9. The Hall–Kier alpha value is -1.21. The third kappa shape index (κ3) is 2.87. The summed E-state index contributed by atoms with van der Waals surface area (Å²) >= 11 is 3.31. The molecule has 0 radical (unpaired) electrons. The maximum atomic E-state index is 11.1. The average Bonchev–Trinajstić information content (AvgIpc) is 2.38. The van der Waals surface area contributed by atoms with Crippen LogP contribution in [-0.4, -0.2) is 34.2 Å². The number of aliphatic hydroxyl groups excluding tert-OH is 1. The van der Waals surface area contributed by atoms with Gasteiger partial charge in [-0.25, -0.2) is 0 Å². The van der Waals surface area contributed by atoms with Crippen molar-refractivity contribution in [3.05, 3.63) is 27.0 Å². The Bertz CT molecular complexity index is 483. The van der Waals surface area contributed by atoms with Gasteiger partial charge in [-0.05, 0) is 28.8 Å². The van der Waals surface area contributed by atoms with Crippen molar-refractivity contribution in [1.82, 2.24) is 4.98 Å². The van der Waals surface area contributed by atoms with Crippen LogP contribution in [0.5, 0.6) is 0 Å². The molecule has 1 aliphatic carbocycles. The van der Waals surface area contributed by atoms with Crippen LogP contribution in [0.2, 0.25) is 0 Å². The summed E-state index contributed by atoms with van der Waals surface area (Å²) in [6.07, 6.45) is 5.95. The fourth-order valence-corrected chi connectivity index (χ4v) is 3.21. The number of anilines is 1. The van der Waals surface area contributed by atoms with Crippen molar-refractivity contribution in [2.75, 3.05) is 11.9 Å². The van der Waals surface area contributed by atoms with E-state index in [4.69, 9.17) is 0 Å². The number of hydrogen-bond acceptors (Lipinski definition) is 5. The lowest BCUT2D eigenvalue weighted by Crippen LogP contribution is -2.43. The lowest BCUT2D eigenvalue weighted by atomic mass is 9.91. The Morgan fingerprint density at radius 2 is 2.16 bits per heavy atom. The van der Waals surface area contributed by atoms with E-state index in [1.54, 1.807) is 11.9 Å². The Morgan fingerprint density at radius 3 is 2.79 bits per heavy atom. The molecule has 1 aromatic rings. The van der Waals surface area contributed by atoms with Gasteiger partial charge in [0, 0.05) is 13.2 Å². The van der Waals surface area contributed by atoms with Gasteiger partial charge in [0.15, 0.2) is 0 Å². The molecule has 2 rings (SSSR count). The van der Waals surface area contributed by atoms with Crippen molar-refractivity contribution in [2.45, 2.75) is 37.8 Å². The van der Waals surface area contributed by atoms with E-state index in [-0.39, 0.29) is 11.7 Å². The molecule has 0 spiro atoms. The Balaban J connectivity index is 2.37. The van der Waals surface area contributed by atoms with Crippen LogP contribution in [-0.2, 0) is 0 Å². The standard InChI is InChI=1S/C12H16BrN3O3/c1-15(9-4-2-3-5-11(9)17)12-8(13)6-14-7-10(12)16(18)19/h6-7,9,11,17H,2-5H2,1H3. The molecule has 1 aromatic heterocycles. The van der Waals surface area contributed by atoms with Crippen LogP contribution >= 0.6 is 15.9 Å². The van der Waals surface area contributed by atoms with Crippen molar-refractivity contribution < 1.29 is 10.0 Å². The van der Waals surface area contributed by atoms with E-state index in [0.717, 1.165) is 25.7 Å². The molecule has 0 amide bonds. The monoisotopic (exact) mass is 329 g/mol. The van der Waals surface area contributed by atoms with Gasteiger partial charge >= 0.3 is 5.69 Å². The Morgan fingerprint density at radius 1 is 1.47 bits per heavy atom. The van der Waals surface area contributed by atoms with E-state index in [2.05, 4.69) is 20.9 Å². The lowest BCUT2D eigenvalue weighted by Gasteiger charge is -2.36. The number of aromatic nitrogens is 1. The molecule has 104 valence electrons. The number of rotatable bonds is 3. The second-order valence-electron chi connectivity index (χ2n) is 4.78. The van der Waals surface area contributed by atoms with Gasteiger partial charge in [-0.1, -0.05) is 12.8 Å². The zero-order valence-electron chi connectivity index (χ0n) is 10.6. The molecule has 19 heavy (non-hydrogen) atoms. The van der Waals surface area contributed by atoms with Crippen molar-refractivity contribution >= 4 is 27.3 Å². The molecule has 1 saturated carbocycles. The molecule has 2 unspecified atom stereocenters. The minimum atomic E-state index is -0.446.